The molecule has 0 saturated carbocycles. The minimum Gasteiger partial charge on any atom is -0.387 e. The SMILES string of the molecule is CNC1=N[C@@H]2[C@H](F)[C@H](O)[C@@H]([C@@H](O)C(F)F)O[C@@H]2S1. The molecule has 0 aromatic carbocycles. The number of nitrogens with zero attached hydrogens (tertiary/aromatic N) is 1. The van der Waals surface area contributed by atoms with Gasteiger partial charge in [-0.3, -0.25) is 4.99 Å². The Bertz CT molecular complexity index is 347. The number of halogens is 3. The maximum absolute atomic E-state index is 13.9. The van der Waals surface area contributed by atoms with Crippen LogP contribution in [0, 0.1) is 0 Å². The third kappa shape index (κ3) is 2.31. The van der Waals surface area contributed by atoms with Crippen LogP contribution < -0.4 is 5.32 Å². The van der Waals surface area contributed by atoms with Crippen LogP contribution in [0.25, 0.3) is 0 Å². The summed E-state index contributed by atoms with van der Waals surface area (Å²) in [5, 5.41) is 21.9. The van der Waals surface area contributed by atoms with E-state index in [1.54, 1.807) is 7.05 Å². The van der Waals surface area contributed by atoms with Gasteiger partial charge in [0.1, 0.15) is 29.8 Å². The molecule has 18 heavy (non-hydrogen) atoms. The predicted octanol–water partition coefficient (Wildman–Crippen LogP) is -0.273. The van der Waals surface area contributed by atoms with Crippen molar-refractivity contribution < 1.29 is 28.1 Å². The van der Waals surface area contributed by atoms with Crippen LogP contribution in [0.5, 0.6) is 0 Å². The average Bonchev–Trinajstić information content (AvgIpc) is 2.76. The molecule has 2 heterocycles. The standard InChI is InChI=1S/C9H13F3N2O3S/c1-13-9-14-3-2(10)4(15)6(5(16)7(11)12)17-8(3)18-9/h2-8,15-16H,1H3,(H,13,14)/t2-,3+,4-,5+,6-,8+/m0/s1. The minimum atomic E-state index is -3.11. The average molecular weight is 286 g/mol. The number of aliphatic hydroxyl groups is 2. The highest BCUT2D eigenvalue weighted by Crippen LogP contribution is 2.38. The predicted molar refractivity (Wildman–Crippen MR) is 59.4 cm³/mol. The molecule has 0 spiro atoms. The fourth-order valence-corrected chi connectivity index (χ4v) is 2.96. The van der Waals surface area contributed by atoms with Gasteiger partial charge in [0.15, 0.2) is 11.3 Å². The number of aliphatic hydroxyl groups excluding tert-OH is 2. The maximum atomic E-state index is 13.9. The zero-order chi connectivity index (χ0) is 13.4. The third-order valence-corrected chi connectivity index (χ3v) is 4.02. The fraction of sp³-hybridized carbons (Fsp3) is 0.889. The lowest BCUT2D eigenvalue weighted by Crippen LogP contribution is -2.58. The van der Waals surface area contributed by atoms with E-state index in [1.807, 2.05) is 0 Å². The maximum Gasteiger partial charge on any atom is 0.266 e. The Morgan fingerprint density at radius 2 is 2.17 bits per heavy atom. The molecule has 104 valence electrons. The number of amidine groups is 1. The first kappa shape index (κ1) is 13.9. The highest BCUT2D eigenvalue weighted by atomic mass is 32.2. The van der Waals surface area contributed by atoms with Crippen LogP contribution in [0.1, 0.15) is 0 Å². The van der Waals surface area contributed by atoms with Crippen LogP contribution in [0.3, 0.4) is 0 Å². The Labute approximate surface area is 105 Å². The van der Waals surface area contributed by atoms with Crippen LogP contribution in [0.2, 0.25) is 0 Å². The fourth-order valence-electron chi connectivity index (χ4n) is 1.90. The van der Waals surface area contributed by atoms with E-state index in [1.165, 1.54) is 0 Å². The van der Waals surface area contributed by atoms with Crippen LogP contribution in [0.15, 0.2) is 4.99 Å². The molecule has 0 unspecified atom stereocenters. The summed E-state index contributed by atoms with van der Waals surface area (Å²) in [5.41, 5.74) is -0.816. The summed E-state index contributed by atoms with van der Waals surface area (Å²) < 4.78 is 43.8. The normalized spacial score (nSPS) is 41.5. The minimum absolute atomic E-state index is 0.409. The van der Waals surface area contributed by atoms with Gasteiger partial charge in [-0.1, -0.05) is 11.8 Å². The van der Waals surface area contributed by atoms with Gasteiger partial charge in [0.25, 0.3) is 6.43 Å². The first-order chi connectivity index (χ1) is 8.45. The second-order valence-corrected chi connectivity index (χ2v) is 5.11. The lowest BCUT2D eigenvalue weighted by molar-refractivity contribution is -0.193. The molecule has 5 nitrogen and oxygen atoms in total. The van der Waals surface area contributed by atoms with Crippen LogP contribution in [-0.2, 0) is 4.74 Å². The van der Waals surface area contributed by atoms with Gasteiger partial charge in [0.2, 0.25) is 0 Å². The summed E-state index contributed by atoms with van der Waals surface area (Å²) in [6.45, 7) is 0. The van der Waals surface area contributed by atoms with Crippen molar-refractivity contribution in [1.29, 1.82) is 0 Å². The Hall–Kier alpha value is -0.510. The molecule has 0 bridgehead atoms. The van der Waals surface area contributed by atoms with Crippen molar-refractivity contribution in [2.45, 2.75) is 42.4 Å². The number of hydrogen-bond acceptors (Lipinski definition) is 6. The lowest BCUT2D eigenvalue weighted by Gasteiger charge is -2.38. The topological polar surface area (TPSA) is 74.1 Å². The number of hydrogen-bond donors (Lipinski definition) is 3. The number of alkyl halides is 3. The molecule has 0 aliphatic carbocycles. The molecule has 2 aliphatic rings. The first-order valence-electron chi connectivity index (χ1n) is 5.31. The van der Waals surface area contributed by atoms with Crippen molar-refractivity contribution in [2.24, 2.45) is 4.99 Å². The van der Waals surface area contributed by atoms with Gasteiger partial charge in [0, 0.05) is 7.05 Å². The molecule has 2 aliphatic heterocycles. The van der Waals surface area contributed by atoms with Gasteiger partial charge in [0.05, 0.1) is 0 Å². The smallest absolute Gasteiger partial charge is 0.266 e. The first-order valence-corrected chi connectivity index (χ1v) is 6.19. The Kier molecular flexibility index (Phi) is 4.05. The van der Waals surface area contributed by atoms with Gasteiger partial charge in [-0.2, -0.15) is 0 Å². The molecule has 2 rings (SSSR count). The van der Waals surface area contributed by atoms with Crippen LogP contribution in [-0.4, -0.2) is 64.8 Å². The summed E-state index contributed by atoms with van der Waals surface area (Å²) in [7, 11) is 1.58. The molecular weight excluding hydrogens is 273 g/mol. The second kappa shape index (κ2) is 5.24. The van der Waals surface area contributed by atoms with Crippen molar-refractivity contribution in [3.8, 4) is 0 Å². The largest absolute Gasteiger partial charge is 0.387 e. The molecule has 1 saturated heterocycles. The molecule has 0 radical (unpaired) electrons. The summed E-state index contributed by atoms with van der Waals surface area (Å²) in [6, 6.07) is -0.950. The van der Waals surface area contributed by atoms with Gasteiger partial charge < -0.3 is 20.3 Å². The highest BCUT2D eigenvalue weighted by Gasteiger charge is 2.52. The number of fused-ring (bicyclic) bond motifs is 1. The summed E-state index contributed by atoms with van der Waals surface area (Å²) in [6.07, 6.45) is -10.7. The van der Waals surface area contributed by atoms with E-state index < -0.39 is 42.4 Å². The Morgan fingerprint density at radius 1 is 1.50 bits per heavy atom. The van der Waals surface area contributed by atoms with Crippen molar-refractivity contribution in [3.63, 3.8) is 0 Å². The monoisotopic (exact) mass is 286 g/mol. The van der Waals surface area contributed by atoms with Gasteiger partial charge >= 0.3 is 0 Å². The summed E-state index contributed by atoms with van der Waals surface area (Å²) in [5.74, 6) is 0. The van der Waals surface area contributed by atoms with Gasteiger partial charge in [-0.05, 0) is 0 Å². The number of aliphatic imine (C=N–C) groups is 1. The van der Waals surface area contributed by atoms with E-state index in [9.17, 15) is 23.4 Å². The lowest BCUT2D eigenvalue weighted by atomic mass is 9.96. The molecule has 0 aromatic rings. The highest BCUT2D eigenvalue weighted by molar-refractivity contribution is 8.14. The second-order valence-electron chi connectivity index (χ2n) is 4.02. The molecule has 1 fully saturated rings. The van der Waals surface area contributed by atoms with Crippen molar-refractivity contribution >= 4 is 16.9 Å². The Balaban J connectivity index is 2.13. The number of ether oxygens (including phenoxy) is 1. The number of rotatable bonds is 2. The van der Waals surface area contributed by atoms with Crippen molar-refractivity contribution in [1.82, 2.24) is 5.32 Å². The van der Waals surface area contributed by atoms with Crippen LogP contribution >= 0.6 is 11.8 Å². The molecule has 0 aromatic heterocycles. The summed E-state index contributed by atoms with van der Waals surface area (Å²) in [4.78, 5) is 3.94. The quantitative estimate of drug-likeness (QED) is 0.651. The van der Waals surface area contributed by atoms with Crippen molar-refractivity contribution in [2.75, 3.05) is 7.05 Å². The number of thioether (sulfide) groups is 1. The van der Waals surface area contributed by atoms with Gasteiger partial charge in [-0.15, -0.1) is 0 Å². The van der Waals surface area contributed by atoms with E-state index in [0.29, 0.717) is 5.17 Å². The van der Waals surface area contributed by atoms with E-state index in [0.717, 1.165) is 11.8 Å². The molecule has 3 N–H and O–H groups in total. The van der Waals surface area contributed by atoms with E-state index in [2.05, 4.69) is 10.3 Å². The molecular formula is C9H13F3N2O3S. The zero-order valence-electron chi connectivity index (χ0n) is 9.33. The molecule has 9 heteroatoms. The van der Waals surface area contributed by atoms with Crippen molar-refractivity contribution in [3.05, 3.63) is 0 Å². The van der Waals surface area contributed by atoms with E-state index in [4.69, 9.17) is 4.74 Å². The van der Waals surface area contributed by atoms with E-state index in [-0.39, 0.29) is 0 Å². The molecule has 6 atom stereocenters. The number of nitrogens with one attached hydrogen (secondary N) is 1. The van der Waals surface area contributed by atoms with Gasteiger partial charge in [-0.25, -0.2) is 13.2 Å². The Morgan fingerprint density at radius 3 is 2.72 bits per heavy atom. The van der Waals surface area contributed by atoms with Crippen LogP contribution in [0.4, 0.5) is 13.2 Å². The zero-order valence-corrected chi connectivity index (χ0v) is 10.1. The van der Waals surface area contributed by atoms with E-state index >= 15 is 0 Å². The molecule has 0 amide bonds. The third-order valence-electron chi connectivity index (χ3n) is 2.86. The summed E-state index contributed by atoms with van der Waals surface area (Å²) >= 11 is 1.04.